The zero-order valence-corrected chi connectivity index (χ0v) is 6.24. The van der Waals surface area contributed by atoms with Gasteiger partial charge in [0.25, 0.3) is 0 Å². The predicted octanol–water partition coefficient (Wildman–Crippen LogP) is -4.27. The first-order valence-electron chi connectivity index (χ1n) is 1.35. The summed E-state index contributed by atoms with van der Waals surface area (Å²) >= 11 is 0. The van der Waals surface area contributed by atoms with Crippen LogP contribution in [0.15, 0.2) is 0 Å². The second-order valence-electron chi connectivity index (χ2n) is 0.730. The van der Waals surface area contributed by atoms with Crippen LogP contribution in [0.25, 0.3) is 0 Å². The molecule has 0 bridgehead atoms. The van der Waals surface area contributed by atoms with Crippen molar-refractivity contribution in [2.75, 3.05) is 0 Å². The van der Waals surface area contributed by atoms with Gasteiger partial charge in [-0.05, 0) is 0 Å². The summed E-state index contributed by atoms with van der Waals surface area (Å²) in [6.07, 6.45) is 0. The molecule has 0 aromatic heterocycles. The molecule has 0 aliphatic carbocycles. The molecular weight excluding hydrogens is 215 g/mol. The Hall–Kier alpha value is -0.0206. The van der Waals surface area contributed by atoms with E-state index in [1.54, 1.807) is 0 Å². The van der Waals surface area contributed by atoms with Crippen LogP contribution in [0.3, 0.4) is 0 Å². The van der Waals surface area contributed by atoms with Gasteiger partial charge < -0.3 is 15.1 Å². The zero-order valence-electron chi connectivity index (χ0n) is 4.42. The first-order chi connectivity index (χ1) is 3.73. The van der Waals surface area contributed by atoms with Crippen LogP contribution in [0.4, 0.5) is 0 Å². The molecule has 0 rings (SSSR count). The van der Waals surface area contributed by atoms with Gasteiger partial charge in [-0.2, -0.15) is 8.42 Å². The molecule has 0 spiro atoms. The van der Waals surface area contributed by atoms with Gasteiger partial charge in [-0.3, -0.25) is 13.6 Å². The Balaban J connectivity index is -0.0000000383. The fraction of sp³-hybridized carbons (Fsp3) is 0. The van der Waals surface area contributed by atoms with Gasteiger partial charge in [0, 0.05) is 0 Å². The molecule has 6 N–H and O–H groups in total. The topological polar surface area (TPSA) is 164 Å². The van der Waals surface area contributed by atoms with Crippen molar-refractivity contribution in [2.45, 2.75) is 0 Å². The van der Waals surface area contributed by atoms with E-state index in [1.807, 2.05) is 0 Å². The van der Waals surface area contributed by atoms with E-state index in [9.17, 15) is 0 Å². The van der Waals surface area contributed by atoms with Crippen LogP contribution in [0.5, 0.6) is 0 Å². The van der Waals surface area contributed by atoms with E-state index in [2.05, 4.69) is 0 Å². The molecule has 11 heteroatoms. The van der Waals surface area contributed by atoms with Gasteiger partial charge in [-0.15, -0.1) is 0 Å². The highest BCUT2D eigenvalue weighted by Crippen LogP contribution is 1.59. The minimum Gasteiger partial charge on any atom is -0.511 e. The van der Waals surface area contributed by atoms with Crippen molar-refractivity contribution in [3.05, 3.63) is 0 Å². The maximum absolute atomic E-state index is 8.74. The van der Waals surface area contributed by atoms with E-state index in [0.717, 1.165) is 0 Å². The first kappa shape index (κ1) is 22.4. The molecule has 0 fully saturated rings. The highest BCUT2D eigenvalue weighted by Gasteiger charge is 1.85. The minimum absolute atomic E-state index is 0. The lowest BCUT2D eigenvalue weighted by Crippen LogP contribution is -1.90. The molecule has 11 heavy (non-hydrogen) atoms. The lowest BCUT2D eigenvalue weighted by atomic mass is 15.8. The monoisotopic (exact) mass is 224 g/mol. The Morgan fingerprint density at radius 2 is 1.09 bits per heavy atom. The van der Waals surface area contributed by atoms with Gasteiger partial charge in [0.05, 0.1) is 0 Å². The smallest absolute Gasteiger partial charge is 0.511 e. The van der Waals surface area contributed by atoms with Crippen molar-refractivity contribution in [1.82, 2.24) is 0 Å². The number of rotatable bonds is 0. The van der Waals surface area contributed by atoms with E-state index in [0.29, 0.717) is 0 Å². The van der Waals surface area contributed by atoms with Crippen molar-refractivity contribution < 1.29 is 37.1 Å². The Kier molecular flexibility index (Phi) is 20.4. The summed E-state index contributed by atoms with van der Waals surface area (Å²) in [5.74, 6) is 0. The average molecular weight is 224 g/mol. The summed E-state index contributed by atoms with van der Waals surface area (Å²) in [6.45, 7) is 0. The number of hydrogen-bond donors (Lipinski definition) is 4. The van der Waals surface area contributed by atoms with Gasteiger partial charge in [0.15, 0.2) is 17.4 Å². The maximum atomic E-state index is 8.74. The summed E-state index contributed by atoms with van der Waals surface area (Å²) in [5.41, 5.74) is 0. The zero-order chi connectivity index (χ0) is 8.08. The lowest BCUT2D eigenvalue weighted by Gasteiger charge is -1.68. The summed E-state index contributed by atoms with van der Waals surface area (Å²) in [5, 5.41) is 0. The second-order valence-corrected chi connectivity index (χ2v) is 2.19. The minimum atomic E-state index is -4.67. The van der Waals surface area contributed by atoms with Crippen molar-refractivity contribution in [1.29, 1.82) is 0 Å². The van der Waals surface area contributed by atoms with Crippen LogP contribution in [0.2, 0.25) is 0 Å². The molecule has 0 aromatic rings. The summed E-state index contributed by atoms with van der Waals surface area (Å²) in [7, 11) is -7.80. The van der Waals surface area contributed by atoms with Crippen molar-refractivity contribution in [3.63, 3.8) is 0 Å². The Bertz CT molecular complexity index is 157. The van der Waals surface area contributed by atoms with Crippen LogP contribution in [-0.2, 0) is 14.9 Å². The van der Waals surface area contributed by atoms with Gasteiger partial charge in [0.1, 0.15) is 0 Å². The first-order valence-corrected chi connectivity index (χ1v) is 4.05. The third-order valence-electron chi connectivity index (χ3n) is 0. The van der Waals surface area contributed by atoms with Crippen LogP contribution in [0, 0.1) is 0 Å². The van der Waals surface area contributed by atoms with Crippen LogP contribution >= 0.6 is 0 Å². The average Bonchev–Trinajstić information content (AvgIpc) is 1.19. The lowest BCUT2D eigenvalue weighted by molar-refractivity contribution is 0.330. The van der Waals surface area contributed by atoms with Crippen molar-refractivity contribution in [2.24, 2.45) is 0 Å². The molecular formula is H9AlO8SSi. The largest absolute Gasteiger partial charge is 0.761 e. The standard InChI is InChI=1S/Al.H2O4S.H2O3Si.H2O.3H/c;1-5(2,3)4;1-4(2)3;;;;/h;(H2,1,2,3,4);1-2H;1H2;;;. The molecule has 0 atom stereocenters. The molecule has 0 amide bonds. The predicted molar refractivity (Wildman–Crippen MR) is 38.6 cm³/mol. The van der Waals surface area contributed by atoms with E-state index >= 15 is 0 Å². The molecule has 70 valence electrons. The highest BCUT2D eigenvalue weighted by atomic mass is 32.3. The van der Waals surface area contributed by atoms with Crippen LogP contribution in [0.1, 0.15) is 0 Å². The van der Waals surface area contributed by atoms with Crippen LogP contribution < -0.4 is 0 Å². The quantitative estimate of drug-likeness (QED) is 0.239. The number of hydrogen-bond acceptors (Lipinski definition) is 3. The fourth-order valence-corrected chi connectivity index (χ4v) is 0. The SMILES string of the molecule is O.O=S(=O)(O)O.O=[Si](O)O.[AlH3]. The Morgan fingerprint density at radius 3 is 1.09 bits per heavy atom. The highest BCUT2D eigenvalue weighted by molar-refractivity contribution is 7.79. The molecule has 0 saturated heterocycles. The molecule has 0 aliphatic heterocycles. The van der Waals surface area contributed by atoms with Crippen molar-refractivity contribution in [3.8, 4) is 0 Å². The van der Waals surface area contributed by atoms with Gasteiger partial charge in [-0.25, -0.2) is 0 Å². The molecule has 0 aromatic carbocycles. The van der Waals surface area contributed by atoms with E-state index in [4.69, 9.17) is 31.6 Å². The molecule has 0 aliphatic rings. The molecule has 0 radical (unpaired) electrons. The van der Waals surface area contributed by atoms with E-state index < -0.39 is 19.6 Å². The van der Waals surface area contributed by atoms with Gasteiger partial charge in [-0.1, -0.05) is 0 Å². The van der Waals surface area contributed by atoms with E-state index in [1.165, 1.54) is 0 Å². The Morgan fingerprint density at radius 1 is 1.09 bits per heavy atom. The molecule has 0 heterocycles. The third-order valence-corrected chi connectivity index (χ3v) is 0. The van der Waals surface area contributed by atoms with Crippen molar-refractivity contribution >= 4 is 36.9 Å². The third kappa shape index (κ3) is 1490000. The fourth-order valence-electron chi connectivity index (χ4n) is 0. The molecule has 0 saturated carbocycles. The van der Waals surface area contributed by atoms with Crippen LogP contribution in [-0.4, -0.2) is 59.1 Å². The van der Waals surface area contributed by atoms with E-state index in [-0.39, 0.29) is 22.8 Å². The second kappa shape index (κ2) is 9.98. The molecule has 8 nitrogen and oxygen atoms in total. The summed E-state index contributed by atoms with van der Waals surface area (Å²) < 4.78 is 40.3. The van der Waals surface area contributed by atoms with Gasteiger partial charge >= 0.3 is 19.6 Å². The molecule has 0 unspecified atom stereocenters. The normalized spacial score (nSPS) is 7.45. The Labute approximate surface area is 74.4 Å². The van der Waals surface area contributed by atoms with Gasteiger partial charge in [0.2, 0.25) is 0 Å². The summed E-state index contributed by atoms with van der Waals surface area (Å²) in [6, 6.07) is 0. The maximum Gasteiger partial charge on any atom is 0.761 e. The summed E-state index contributed by atoms with van der Waals surface area (Å²) in [4.78, 5) is 14.3.